The molecule has 0 fully saturated rings. The van der Waals surface area contributed by atoms with Gasteiger partial charge in [0.1, 0.15) is 13.2 Å². The van der Waals surface area contributed by atoms with E-state index in [1.54, 1.807) is 0 Å². The number of halogens is 5. The fraction of sp³-hybridized carbons (Fsp3) is 0.455. The molecule has 0 aliphatic carbocycles. The number of hydrogen-bond acceptors (Lipinski definition) is 8. The SMILES string of the molecule is C=CCOC(=O)C(OCC(F)(F)S(=O)(=O)[O-])(OC(=O)C=C)C(F)(F)F. The predicted molar refractivity (Wildman–Crippen MR) is 66.8 cm³/mol. The number of esters is 2. The summed E-state index contributed by atoms with van der Waals surface area (Å²) in [6.45, 7) is 2.11. The maximum absolute atomic E-state index is 13.2. The second kappa shape index (κ2) is 7.88. The Balaban J connectivity index is 6.00. The second-order valence-corrected chi connectivity index (χ2v) is 5.51. The first-order chi connectivity index (χ1) is 11.1. The van der Waals surface area contributed by atoms with Crippen molar-refractivity contribution in [1.29, 1.82) is 0 Å². The van der Waals surface area contributed by atoms with E-state index in [1.807, 2.05) is 0 Å². The van der Waals surface area contributed by atoms with Gasteiger partial charge >= 0.3 is 29.2 Å². The number of alkyl halides is 5. The van der Waals surface area contributed by atoms with E-state index in [2.05, 4.69) is 27.4 Å². The van der Waals surface area contributed by atoms with Gasteiger partial charge in [0.2, 0.25) is 0 Å². The largest absolute Gasteiger partial charge is 0.743 e. The molecular formula is C11H10F5O8S-. The third-order valence-electron chi connectivity index (χ3n) is 2.19. The summed E-state index contributed by atoms with van der Waals surface area (Å²) in [6.07, 6.45) is -5.08. The Morgan fingerprint density at radius 2 is 1.64 bits per heavy atom. The zero-order valence-corrected chi connectivity index (χ0v) is 12.9. The third-order valence-corrected chi connectivity index (χ3v) is 3.04. The van der Waals surface area contributed by atoms with Crippen LogP contribution in [0.4, 0.5) is 22.0 Å². The summed E-state index contributed by atoms with van der Waals surface area (Å²) in [5.41, 5.74) is 0. The molecule has 0 aromatic carbocycles. The minimum absolute atomic E-state index is 0.132. The smallest absolute Gasteiger partial charge is 0.468 e. The maximum atomic E-state index is 13.2. The van der Waals surface area contributed by atoms with Gasteiger partial charge in [-0.25, -0.2) is 18.0 Å². The lowest BCUT2D eigenvalue weighted by Crippen LogP contribution is -2.59. The molecule has 1 atom stereocenters. The zero-order chi connectivity index (χ0) is 20.1. The summed E-state index contributed by atoms with van der Waals surface area (Å²) in [4.78, 5) is 22.6. The van der Waals surface area contributed by atoms with E-state index in [0.29, 0.717) is 0 Å². The summed E-state index contributed by atoms with van der Waals surface area (Å²) in [5.74, 6) is -9.23. The van der Waals surface area contributed by atoms with Gasteiger partial charge in [-0.05, 0) is 0 Å². The Hall–Kier alpha value is -2.06. The maximum Gasteiger partial charge on any atom is 0.468 e. The molecule has 0 heterocycles. The van der Waals surface area contributed by atoms with Crippen LogP contribution in [0.5, 0.6) is 0 Å². The van der Waals surface area contributed by atoms with E-state index in [9.17, 15) is 44.5 Å². The van der Waals surface area contributed by atoms with Crippen molar-refractivity contribution in [3.63, 3.8) is 0 Å². The van der Waals surface area contributed by atoms with E-state index in [4.69, 9.17) is 0 Å². The lowest BCUT2D eigenvalue weighted by molar-refractivity contribution is -0.359. The molecule has 144 valence electrons. The summed E-state index contributed by atoms with van der Waals surface area (Å²) < 4.78 is 108. The molecule has 0 radical (unpaired) electrons. The summed E-state index contributed by atoms with van der Waals surface area (Å²) >= 11 is 0. The predicted octanol–water partition coefficient (Wildman–Crippen LogP) is 0.858. The van der Waals surface area contributed by atoms with E-state index in [-0.39, 0.29) is 6.08 Å². The molecule has 0 spiro atoms. The van der Waals surface area contributed by atoms with Gasteiger partial charge in [0, 0.05) is 6.08 Å². The van der Waals surface area contributed by atoms with E-state index >= 15 is 0 Å². The van der Waals surface area contributed by atoms with Crippen molar-refractivity contribution in [2.75, 3.05) is 13.2 Å². The molecule has 25 heavy (non-hydrogen) atoms. The zero-order valence-electron chi connectivity index (χ0n) is 12.0. The molecule has 0 saturated carbocycles. The van der Waals surface area contributed by atoms with Crippen molar-refractivity contribution in [3.05, 3.63) is 25.3 Å². The molecule has 0 rings (SSSR count). The summed E-state index contributed by atoms with van der Waals surface area (Å²) in [6, 6.07) is 0. The van der Waals surface area contributed by atoms with Gasteiger partial charge in [0.05, 0.1) is 0 Å². The molecule has 0 aliphatic heterocycles. The average Bonchev–Trinajstić information content (AvgIpc) is 2.46. The van der Waals surface area contributed by atoms with Gasteiger partial charge in [-0.1, -0.05) is 19.2 Å². The molecule has 0 aromatic heterocycles. The first kappa shape index (κ1) is 22.9. The Morgan fingerprint density at radius 3 is 2.00 bits per heavy atom. The second-order valence-electron chi connectivity index (χ2n) is 4.01. The molecule has 1 unspecified atom stereocenters. The highest BCUT2D eigenvalue weighted by atomic mass is 32.2. The number of carbonyl (C=O) groups is 2. The molecule has 0 aliphatic rings. The minimum atomic E-state index is -6.45. The van der Waals surface area contributed by atoms with Crippen molar-refractivity contribution >= 4 is 22.1 Å². The highest BCUT2D eigenvalue weighted by Gasteiger charge is 2.68. The molecular weight excluding hydrogens is 387 g/mol. The fourth-order valence-electron chi connectivity index (χ4n) is 1.06. The van der Waals surface area contributed by atoms with Crippen LogP contribution in [0.1, 0.15) is 0 Å². The van der Waals surface area contributed by atoms with Crippen LogP contribution in [0, 0.1) is 0 Å². The first-order valence-corrected chi connectivity index (χ1v) is 7.23. The van der Waals surface area contributed by atoms with Gasteiger partial charge < -0.3 is 18.8 Å². The van der Waals surface area contributed by atoms with Crippen LogP contribution < -0.4 is 0 Å². The molecule has 0 aromatic rings. The third kappa shape index (κ3) is 5.47. The van der Waals surface area contributed by atoms with Crippen LogP contribution in [0.3, 0.4) is 0 Å². The highest BCUT2D eigenvalue weighted by molar-refractivity contribution is 7.86. The minimum Gasteiger partial charge on any atom is -0.743 e. The standard InChI is InChI=1S/C11H11F5O8S/c1-3-5-22-8(18)10(11(14,15)16,24-7(17)4-2)23-6-9(12,13)25(19,20)21/h3-4H,1-2,5-6H2,(H,19,20,21)/p-1. The van der Waals surface area contributed by atoms with Crippen LogP contribution in [-0.4, -0.2) is 55.3 Å². The van der Waals surface area contributed by atoms with Crippen molar-refractivity contribution < 1.29 is 58.7 Å². The van der Waals surface area contributed by atoms with E-state index in [0.717, 1.165) is 6.08 Å². The molecule has 0 N–H and O–H groups in total. The molecule has 0 amide bonds. The van der Waals surface area contributed by atoms with Gasteiger partial charge in [-0.2, -0.15) is 22.0 Å². The monoisotopic (exact) mass is 397 g/mol. The molecule has 8 nitrogen and oxygen atoms in total. The molecule has 14 heteroatoms. The highest BCUT2D eigenvalue weighted by Crippen LogP contribution is 2.38. The Kier molecular flexibility index (Phi) is 7.23. The summed E-state index contributed by atoms with van der Waals surface area (Å²) in [5, 5.41) is -5.37. The normalized spacial score (nSPS) is 15.0. The average molecular weight is 397 g/mol. The number of carbonyl (C=O) groups excluding carboxylic acids is 2. The number of ether oxygens (including phenoxy) is 3. The van der Waals surface area contributed by atoms with Crippen molar-refractivity contribution in [1.82, 2.24) is 0 Å². The van der Waals surface area contributed by atoms with Crippen LogP contribution in [0.15, 0.2) is 25.3 Å². The Bertz CT molecular complexity index is 641. The van der Waals surface area contributed by atoms with Crippen LogP contribution in [0.25, 0.3) is 0 Å². The fourth-order valence-corrected chi connectivity index (χ4v) is 1.26. The van der Waals surface area contributed by atoms with Gasteiger partial charge in [-0.3, -0.25) is 0 Å². The van der Waals surface area contributed by atoms with Crippen molar-refractivity contribution in [2.45, 2.75) is 17.2 Å². The molecule has 0 bridgehead atoms. The van der Waals surface area contributed by atoms with E-state index in [1.165, 1.54) is 0 Å². The molecule has 0 saturated heterocycles. The van der Waals surface area contributed by atoms with Crippen molar-refractivity contribution in [2.24, 2.45) is 0 Å². The quantitative estimate of drug-likeness (QED) is 0.140. The van der Waals surface area contributed by atoms with Crippen LogP contribution >= 0.6 is 0 Å². The van der Waals surface area contributed by atoms with Gasteiger partial charge in [-0.15, -0.1) is 0 Å². The Labute approximate surface area is 137 Å². The lowest BCUT2D eigenvalue weighted by atomic mass is 10.2. The van der Waals surface area contributed by atoms with Crippen LogP contribution in [-0.2, 0) is 33.9 Å². The lowest BCUT2D eigenvalue weighted by Gasteiger charge is -2.33. The van der Waals surface area contributed by atoms with E-state index < -0.39 is 52.5 Å². The van der Waals surface area contributed by atoms with Crippen molar-refractivity contribution in [3.8, 4) is 0 Å². The first-order valence-electron chi connectivity index (χ1n) is 5.82. The summed E-state index contributed by atoms with van der Waals surface area (Å²) in [7, 11) is -6.45. The number of hydrogen-bond donors (Lipinski definition) is 0. The van der Waals surface area contributed by atoms with Crippen LogP contribution in [0.2, 0.25) is 0 Å². The number of rotatable bonds is 9. The van der Waals surface area contributed by atoms with Gasteiger partial charge in [0.15, 0.2) is 10.1 Å². The van der Waals surface area contributed by atoms with Gasteiger partial charge in [0.25, 0.3) is 0 Å². The Morgan fingerprint density at radius 1 is 1.12 bits per heavy atom. The topological polar surface area (TPSA) is 119 Å².